The number of anilines is 1. The molecule has 1 aliphatic rings. The lowest BCUT2D eigenvalue weighted by Gasteiger charge is -2.04. The quantitative estimate of drug-likeness (QED) is 0.706. The van der Waals surface area contributed by atoms with E-state index in [0.717, 1.165) is 0 Å². The lowest BCUT2D eigenvalue weighted by atomic mass is 10.3. The van der Waals surface area contributed by atoms with Crippen molar-refractivity contribution in [2.24, 2.45) is 0 Å². The van der Waals surface area contributed by atoms with E-state index in [9.17, 15) is 8.42 Å². The Hall–Kier alpha value is -1.07. The largest absolute Gasteiger partial charge is 0.383 e. The van der Waals surface area contributed by atoms with Gasteiger partial charge in [-0.15, -0.1) is 0 Å². The summed E-state index contributed by atoms with van der Waals surface area (Å²) in [6.45, 7) is 5.05. The van der Waals surface area contributed by atoms with Gasteiger partial charge in [-0.1, -0.05) is 26.0 Å². The zero-order valence-electron chi connectivity index (χ0n) is 8.95. The van der Waals surface area contributed by atoms with Crippen LogP contribution in [0.5, 0.6) is 0 Å². The highest BCUT2D eigenvalue weighted by molar-refractivity contribution is 7.89. The molecule has 0 fully saturated rings. The molecule has 0 amide bonds. The summed E-state index contributed by atoms with van der Waals surface area (Å²) in [7, 11) is -3.29. The molecule has 1 aromatic carbocycles. The van der Waals surface area contributed by atoms with Gasteiger partial charge < -0.3 is 5.32 Å². The average molecular weight is 228 g/mol. The molecule has 2 rings (SSSR count). The Morgan fingerprint density at radius 2 is 1.80 bits per heavy atom. The maximum atomic E-state index is 11.5. The molecule has 1 heterocycles. The highest BCUT2D eigenvalue weighted by Crippen LogP contribution is 2.21. The van der Waals surface area contributed by atoms with Crippen molar-refractivity contribution in [1.29, 1.82) is 0 Å². The molecule has 0 unspecified atom stereocenters. The highest BCUT2D eigenvalue weighted by Gasteiger charge is 2.19. The summed E-state index contributed by atoms with van der Waals surface area (Å²) in [5, 5.41) is 3.04. The van der Waals surface area contributed by atoms with Gasteiger partial charge in [0.15, 0.2) is 0 Å². The minimum absolute atomic E-state index is 0.326. The van der Waals surface area contributed by atoms with E-state index in [1.165, 1.54) is 0 Å². The van der Waals surface area contributed by atoms with Crippen LogP contribution in [0, 0.1) is 0 Å². The van der Waals surface area contributed by atoms with Crippen molar-refractivity contribution in [3.05, 3.63) is 24.3 Å². The topological polar surface area (TPSA) is 58.2 Å². The molecule has 0 bridgehead atoms. The summed E-state index contributed by atoms with van der Waals surface area (Å²) in [5.74, 6) is 0. The molecule has 84 valence electrons. The van der Waals surface area contributed by atoms with Crippen LogP contribution in [0.25, 0.3) is 0 Å². The van der Waals surface area contributed by atoms with Gasteiger partial charge in [0.2, 0.25) is 10.0 Å². The first-order chi connectivity index (χ1) is 7.20. The molecule has 1 aromatic rings. The first-order valence-electron chi connectivity index (χ1n) is 5.03. The van der Waals surface area contributed by atoms with Gasteiger partial charge in [0.25, 0.3) is 0 Å². The van der Waals surface area contributed by atoms with Crippen LogP contribution >= 0.6 is 0 Å². The Bertz CT molecular complexity index is 415. The van der Waals surface area contributed by atoms with Crippen molar-refractivity contribution in [2.45, 2.75) is 18.7 Å². The smallest absolute Gasteiger partial charge is 0.242 e. The van der Waals surface area contributed by atoms with Crippen molar-refractivity contribution < 1.29 is 8.42 Å². The SMILES string of the molecule is CC.O=S1(=O)NCCNc2ccccc21. The molecule has 5 heteroatoms. The number of nitrogens with one attached hydrogen (secondary N) is 2. The predicted molar refractivity (Wildman–Crippen MR) is 61.5 cm³/mol. The molecule has 2 N–H and O–H groups in total. The van der Waals surface area contributed by atoms with E-state index in [2.05, 4.69) is 10.0 Å². The lowest BCUT2D eigenvalue weighted by molar-refractivity contribution is 0.585. The van der Waals surface area contributed by atoms with E-state index in [4.69, 9.17) is 0 Å². The molecule has 0 spiro atoms. The van der Waals surface area contributed by atoms with Crippen LogP contribution < -0.4 is 10.0 Å². The number of hydrogen-bond donors (Lipinski definition) is 2. The fourth-order valence-electron chi connectivity index (χ4n) is 1.31. The van der Waals surface area contributed by atoms with Gasteiger partial charge in [-0.25, -0.2) is 13.1 Å². The first-order valence-corrected chi connectivity index (χ1v) is 6.51. The molecule has 4 nitrogen and oxygen atoms in total. The molecule has 0 saturated heterocycles. The Labute approximate surface area is 90.8 Å². The summed E-state index contributed by atoms with van der Waals surface area (Å²) >= 11 is 0. The highest BCUT2D eigenvalue weighted by atomic mass is 32.2. The zero-order valence-corrected chi connectivity index (χ0v) is 9.76. The summed E-state index contributed by atoms with van der Waals surface area (Å²) in [4.78, 5) is 0.326. The molecule has 0 saturated carbocycles. The summed E-state index contributed by atoms with van der Waals surface area (Å²) in [6, 6.07) is 6.88. The molecule has 0 aromatic heterocycles. The molecular weight excluding hydrogens is 212 g/mol. The van der Waals surface area contributed by atoms with E-state index < -0.39 is 10.0 Å². The predicted octanol–water partition coefficient (Wildman–Crippen LogP) is 1.42. The van der Waals surface area contributed by atoms with Gasteiger partial charge in [-0.3, -0.25) is 0 Å². The van der Waals surface area contributed by atoms with E-state index in [1.54, 1.807) is 18.2 Å². The van der Waals surface area contributed by atoms with E-state index in [0.29, 0.717) is 23.7 Å². The first kappa shape index (κ1) is 12.0. The number of rotatable bonds is 0. The van der Waals surface area contributed by atoms with Gasteiger partial charge in [0.1, 0.15) is 4.90 Å². The van der Waals surface area contributed by atoms with Crippen molar-refractivity contribution in [3.8, 4) is 0 Å². The minimum Gasteiger partial charge on any atom is -0.383 e. The summed E-state index contributed by atoms with van der Waals surface area (Å²) in [5.41, 5.74) is 0.674. The standard InChI is InChI=1S/C8H10N2O2S.C2H6/c11-13(12)8-4-2-1-3-7(8)9-5-6-10-13;1-2/h1-4,9-10H,5-6H2;1-2H3. The number of para-hydroxylation sites is 1. The number of benzene rings is 1. The monoisotopic (exact) mass is 228 g/mol. The van der Waals surface area contributed by atoms with Crippen LogP contribution in [-0.4, -0.2) is 21.5 Å². The van der Waals surface area contributed by atoms with Crippen LogP contribution in [0.15, 0.2) is 29.2 Å². The third-order valence-electron chi connectivity index (χ3n) is 1.91. The van der Waals surface area contributed by atoms with Crippen LogP contribution in [-0.2, 0) is 10.0 Å². The maximum Gasteiger partial charge on any atom is 0.242 e. The average Bonchev–Trinajstić information content (AvgIpc) is 2.41. The second-order valence-corrected chi connectivity index (χ2v) is 4.56. The van der Waals surface area contributed by atoms with Crippen LogP contribution in [0.3, 0.4) is 0 Å². The Morgan fingerprint density at radius 1 is 1.13 bits per heavy atom. The molecule has 15 heavy (non-hydrogen) atoms. The Morgan fingerprint density at radius 3 is 2.53 bits per heavy atom. The molecule has 0 aliphatic carbocycles. The zero-order chi connectivity index (χ0) is 11.3. The van der Waals surface area contributed by atoms with Gasteiger partial charge in [-0.05, 0) is 12.1 Å². The van der Waals surface area contributed by atoms with Crippen LogP contribution in [0.4, 0.5) is 5.69 Å². The van der Waals surface area contributed by atoms with Crippen molar-refractivity contribution in [1.82, 2.24) is 4.72 Å². The number of sulfonamides is 1. The fourth-order valence-corrected chi connectivity index (χ4v) is 2.52. The van der Waals surface area contributed by atoms with Crippen molar-refractivity contribution in [3.63, 3.8) is 0 Å². The normalized spacial score (nSPS) is 17.5. The van der Waals surface area contributed by atoms with Crippen molar-refractivity contribution >= 4 is 15.7 Å². The van der Waals surface area contributed by atoms with Crippen LogP contribution in [0.2, 0.25) is 0 Å². The van der Waals surface area contributed by atoms with Gasteiger partial charge in [0, 0.05) is 13.1 Å². The number of hydrogen-bond acceptors (Lipinski definition) is 3. The third-order valence-corrected chi connectivity index (χ3v) is 3.43. The van der Waals surface area contributed by atoms with Gasteiger partial charge in [0.05, 0.1) is 5.69 Å². The second-order valence-electron chi connectivity index (χ2n) is 2.82. The van der Waals surface area contributed by atoms with E-state index in [-0.39, 0.29) is 0 Å². The maximum absolute atomic E-state index is 11.5. The third kappa shape index (κ3) is 2.70. The second kappa shape index (κ2) is 5.14. The summed E-state index contributed by atoms with van der Waals surface area (Å²) < 4.78 is 25.6. The van der Waals surface area contributed by atoms with E-state index in [1.807, 2.05) is 19.9 Å². The fraction of sp³-hybridized carbons (Fsp3) is 0.400. The number of fused-ring (bicyclic) bond motifs is 1. The molecule has 1 aliphatic heterocycles. The van der Waals surface area contributed by atoms with E-state index >= 15 is 0 Å². The summed E-state index contributed by atoms with van der Waals surface area (Å²) in [6.07, 6.45) is 0. The van der Waals surface area contributed by atoms with Crippen molar-refractivity contribution in [2.75, 3.05) is 18.4 Å². The van der Waals surface area contributed by atoms with Gasteiger partial charge >= 0.3 is 0 Å². The molecule has 0 radical (unpaired) electrons. The molecular formula is C10H16N2O2S. The molecule has 0 atom stereocenters. The Kier molecular flexibility index (Phi) is 4.11. The van der Waals surface area contributed by atoms with Crippen LogP contribution in [0.1, 0.15) is 13.8 Å². The minimum atomic E-state index is -3.29. The van der Waals surface area contributed by atoms with Gasteiger partial charge in [-0.2, -0.15) is 0 Å². The Balaban J connectivity index is 0.000000531. The lowest BCUT2D eigenvalue weighted by Crippen LogP contribution is -2.25.